The van der Waals surface area contributed by atoms with Crippen molar-refractivity contribution in [2.45, 2.75) is 37.8 Å². The summed E-state index contributed by atoms with van der Waals surface area (Å²) in [6, 6.07) is 4.75. The molecule has 0 bridgehead atoms. The van der Waals surface area contributed by atoms with E-state index in [1.54, 1.807) is 12.3 Å². The van der Waals surface area contributed by atoms with Gasteiger partial charge in [0.05, 0.1) is 6.04 Å². The first-order valence-electron chi connectivity index (χ1n) is 9.83. The number of nitrogens with one attached hydrogen (secondary N) is 2. The zero-order chi connectivity index (χ0) is 20.8. The highest BCUT2D eigenvalue weighted by atomic mass is 35.5. The van der Waals surface area contributed by atoms with Gasteiger partial charge in [-0.2, -0.15) is 5.10 Å². The average molecular weight is 433 g/mol. The topological polar surface area (TPSA) is 74.6 Å². The maximum absolute atomic E-state index is 14.4. The van der Waals surface area contributed by atoms with Crippen LogP contribution in [0.5, 0.6) is 0 Å². The lowest BCUT2D eigenvalue weighted by atomic mass is 10.0. The molecule has 1 saturated carbocycles. The van der Waals surface area contributed by atoms with Gasteiger partial charge >= 0.3 is 6.03 Å². The van der Waals surface area contributed by atoms with Gasteiger partial charge in [-0.3, -0.25) is 0 Å². The number of amides is 2. The quantitative estimate of drug-likeness (QED) is 0.645. The molecule has 1 aliphatic heterocycles. The molecule has 0 radical (unpaired) electrons. The minimum Gasteiger partial charge on any atom is -0.349 e. The Morgan fingerprint density at radius 1 is 1.20 bits per heavy atom. The Morgan fingerprint density at radius 2 is 2.03 bits per heavy atom. The largest absolute Gasteiger partial charge is 0.349 e. The summed E-state index contributed by atoms with van der Waals surface area (Å²) in [6.07, 6.45) is 5.12. The molecule has 3 heterocycles. The third-order valence-corrected chi connectivity index (χ3v) is 5.71. The Labute approximate surface area is 176 Å². The number of carbonyl (C=O) groups excluding carboxylic acids is 1. The van der Waals surface area contributed by atoms with Crippen molar-refractivity contribution in [3.05, 3.63) is 52.8 Å². The van der Waals surface area contributed by atoms with Crippen LogP contribution in [0.4, 0.5) is 25.1 Å². The van der Waals surface area contributed by atoms with E-state index >= 15 is 0 Å². The molecule has 10 heteroatoms. The van der Waals surface area contributed by atoms with E-state index in [0.717, 1.165) is 31.4 Å². The van der Waals surface area contributed by atoms with Crippen LogP contribution >= 0.6 is 11.6 Å². The normalized spacial score (nSPS) is 18.8. The van der Waals surface area contributed by atoms with Crippen LogP contribution in [0, 0.1) is 11.6 Å². The predicted molar refractivity (Wildman–Crippen MR) is 109 cm³/mol. The number of hydrogen-bond acceptors (Lipinski definition) is 4. The molecule has 3 aromatic rings. The Bertz CT molecular complexity index is 1130. The van der Waals surface area contributed by atoms with Crippen molar-refractivity contribution in [2.24, 2.45) is 0 Å². The van der Waals surface area contributed by atoms with Crippen molar-refractivity contribution in [1.82, 2.24) is 19.9 Å². The van der Waals surface area contributed by atoms with Crippen LogP contribution in [-0.4, -0.2) is 33.2 Å². The van der Waals surface area contributed by atoms with Crippen molar-refractivity contribution in [3.63, 3.8) is 0 Å². The fraction of sp³-hybridized carbons (Fsp3) is 0.350. The molecule has 7 nitrogen and oxygen atoms in total. The minimum absolute atomic E-state index is 0.125. The summed E-state index contributed by atoms with van der Waals surface area (Å²) in [4.78, 5) is 18.7. The molecule has 2 fully saturated rings. The van der Waals surface area contributed by atoms with Crippen molar-refractivity contribution in [3.8, 4) is 0 Å². The second-order valence-electron chi connectivity index (χ2n) is 7.61. The summed E-state index contributed by atoms with van der Waals surface area (Å²) in [6.45, 7) is 0.649. The Kier molecular flexibility index (Phi) is 4.69. The van der Waals surface area contributed by atoms with Gasteiger partial charge in [0.25, 0.3) is 0 Å². The highest BCUT2D eigenvalue weighted by Gasteiger charge is 2.30. The van der Waals surface area contributed by atoms with Gasteiger partial charge in [-0.15, -0.1) is 0 Å². The average Bonchev–Trinajstić information content (AvgIpc) is 3.30. The highest BCUT2D eigenvalue weighted by Crippen LogP contribution is 2.37. The highest BCUT2D eigenvalue weighted by molar-refractivity contribution is 6.33. The maximum Gasteiger partial charge on any atom is 0.319 e. The molecule has 2 amide bonds. The zero-order valence-corrected chi connectivity index (χ0v) is 16.7. The third-order valence-electron chi connectivity index (χ3n) is 5.44. The van der Waals surface area contributed by atoms with Crippen molar-refractivity contribution in [1.29, 1.82) is 0 Å². The van der Waals surface area contributed by atoms with Crippen molar-refractivity contribution < 1.29 is 13.6 Å². The van der Waals surface area contributed by atoms with Crippen LogP contribution in [0.15, 0.2) is 30.5 Å². The smallest absolute Gasteiger partial charge is 0.319 e. The van der Waals surface area contributed by atoms with Crippen LogP contribution in [0.25, 0.3) is 5.65 Å². The van der Waals surface area contributed by atoms with Gasteiger partial charge in [0, 0.05) is 24.3 Å². The van der Waals surface area contributed by atoms with E-state index in [1.165, 1.54) is 10.6 Å². The number of urea groups is 1. The van der Waals surface area contributed by atoms with E-state index < -0.39 is 11.6 Å². The summed E-state index contributed by atoms with van der Waals surface area (Å²) in [5.74, 6) is -0.339. The summed E-state index contributed by atoms with van der Waals surface area (Å²) in [5.41, 5.74) is 1.00. The number of benzene rings is 1. The van der Waals surface area contributed by atoms with E-state index in [2.05, 4.69) is 20.7 Å². The summed E-state index contributed by atoms with van der Waals surface area (Å²) in [5, 5.41) is 9.86. The standard InChI is InChI=1S/C20H19ClF2N6O/c21-18-17(26-20(30)24-12-4-5-12)19-25-16(7-9-29(19)27-18)28-8-1-2-15(28)13-10-11(22)3-6-14(13)23/h3,6-7,9-10,12,15H,1-2,4-5,8H2,(H2,24,26,30)/t15-/m1/s1. The number of carbonyl (C=O) groups is 1. The number of fused-ring (bicyclic) bond motifs is 1. The van der Waals surface area contributed by atoms with E-state index in [9.17, 15) is 13.6 Å². The maximum atomic E-state index is 14.4. The lowest BCUT2D eigenvalue weighted by Gasteiger charge is -2.26. The predicted octanol–water partition coefficient (Wildman–Crippen LogP) is 4.29. The number of anilines is 2. The van der Waals surface area contributed by atoms with Crippen LogP contribution in [0.1, 0.15) is 37.3 Å². The molecule has 0 unspecified atom stereocenters. The molecule has 5 rings (SSSR count). The molecular weight excluding hydrogens is 414 g/mol. The van der Waals surface area contributed by atoms with Crippen molar-refractivity contribution >= 4 is 34.8 Å². The first kappa shape index (κ1) is 19.0. The van der Waals surface area contributed by atoms with Crippen LogP contribution in [0.3, 0.4) is 0 Å². The lowest BCUT2D eigenvalue weighted by Crippen LogP contribution is -2.30. The fourth-order valence-electron chi connectivity index (χ4n) is 3.86. The van der Waals surface area contributed by atoms with Gasteiger partial charge in [-0.25, -0.2) is 23.1 Å². The molecule has 30 heavy (non-hydrogen) atoms. The number of hydrogen-bond donors (Lipinski definition) is 2. The third kappa shape index (κ3) is 3.54. The lowest BCUT2D eigenvalue weighted by molar-refractivity contribution is 0.251. The van der Waals surface area contributed by atoms with Gasteiger partial charge in [0.1, 0.15) is 23.1 Å². The van der Waals surface area contributed by atoms with Gasteiger partial charge in [-0.05, 0) is 49.9 Å². The van der Waals surface area contributed by atoms with E-state index in [1.807, 2.05) is 4.90 Å². The van der Waals surface area contributed by atoms with E-state index in [-0.39, 0.29) is 23.3 Å². The SMILES string of the molecule is O=C(Nc1c(Cl)nn2ccc(N3CCC[C@@H]3c3cc(F)ccc3F)nc12)NC1CC1. The molecule has 0 spiro atoms. The molecule has 2 aromatic heterocycles. The van der Waals surface area contributed by atoms with E-state index in [0.29, 0.717) is 35.7 Å². The molecular formula is C20H19ClF2N6O. The molecule has 2 aliphatic rings. The first-order chi connectivity index (χ1) is 14.5. The number of nitrogens with zero attached hydrogens (tertiary/aromatic N) is 4. The summed E-state index contributed by atoms with van der Waals surface area (Å²) in [7, 11) is 0. The van der Waals surface area contributed by atoms with Gasteiger partial charge in [0.15, 0.2) is 10.8 Å². The minimum atomic E-state index is -0.475. The first-order valence-corrected chi connectivity index (χ1v) is 10.2. The number of aromatic nitrogens is 3. The molecule has 1 aliphatic carbocycles. The summed E-state index contributed by atoms with van der Waals surface area (Å²) < 4.78 is 29.6. The van der Waals surface area contributed by atoms with Crippen LogP contribution in [-0.2, 0) is 0 Å². The van der Waals surface area contributed by atoms with Crippen LogP contribution in [0.2, 0.25) is 5.15 Å². The van der Waals surface area contributed by atoms with Crippen LogP contribution < -0.4 is 15.5 Å². The second-order valence-corrected chi connectivity index (χ2v) is 7.97. The van der Waals surface area contributed by atoms with Crippen molar-refractivity contribution in [2.75, 3.05) is 16.8 Å². The molecule has 1 aromatic carbocycles. The number of rotatable bonds is 4. The summed E-state index contributed by atoms with van der Waals surface area (Å²) >= 11 is 6.22. The Morgan fingerprint density at radius 3 is 2.83 bits per heavy atom. The molecule has 1 saturated heterocycles. The Hall–Kier alpha value is -2.94. The monoisotopic (exact) mass is 432 g/mol. The Balaban J connectivity index is 1.48. The second kappa shape index (κ2) is 7.39. The fourth-order valence-corrected chi connectivity index (χ4v) is 4.07. The zero-order valence-electron chi connectivity index (χ0n) is 15.9. The van der Waals surface area contributed by atoms with E-state index in [4.69, 9.17) is 11.6 Å². The molecule has 1 atom stereocenters. The number of halogens is 3. The van der Waals surface area contributed by atoms with Gasteiger partial charge in [0.2, 0.25) is 0 Å². The van der Waals surface area contributed by atoms with Gasteiger partial charge in [-0.1, -0.05) is 11.6 Å². The molecule has 156 valence electrons. The van der Waals surface area contributed by atoms with Gasteiger partial charge < -0.3 is 15.5 Å². The molecule has 2 N–H and O–H groups in total.